The van der Waals surface area contributed by atoms with E-state index in [1.54, 1.807) is 0 Å². The average Bonchev–Trinajstić information content (AvgIpc) is 2.14. The van der Waals surface area contributed by atoms with Crippen LogP contribution in [0.3, 0.4) is 0 Å². The van der Waals surface area contributed by atoms with Crippen LogP contribution in [0.5, 0.6) is 0 Å². The van der Waals surface area contributed by atoms with Crippen molar-refractivity contribution in [3.05, 3.63) is 22.7 Å². The Hall–Kier alpha value is -0.700. The minimum atomic E-state index is 1.01. The highest BCUT2D eigenvalue weighted by atomic mass is 79.9. The lowest BCUT2D eigenvalue weighted by Crippen LogP contribution is -2.12. The van der Waals surface area contributed by atoms with E-state index in [2.05, 4.69) is 65.4 Å². The van der Waals surface area contributed by atoms with Crippen LogP contribution in [0.1, 0.15) is 13.3 Å². The molecule has 0 aromatic heterocycles. The molecule has 0 aliphatic carbocycles. The molecule has 3 heteroatoms. The number of halogens is 1. The molecule has 0 saturated carbocycles. The van der Waals surface area contributed by atoms with Gasteiger partial charge in [-0.15, -0.1) is 0 Å². The smallest absolute Gasteiger partial charge is 0.0597 e. The number of hydrogen-bond acceptors (Lipinski definition) is 2. The first-order valence-corrected chi connectivity index (χ1v) is 5.65. The van der Waals surface area contributed by atoms with Gasteiger partial charge in [0.05, 0.1) is 11.4 Å². The lowest BCUT2D eigenvalue weighted by Gasteiger charge is -2.18. The second-order valence-corrected chi connectivity index (χ2v) is 4.40. The predicted octanol–water partition coefficient (Wildman–Crippen LogP) is 3.34. The van der Waals surface area contributed by atoms with Crippen molar-refractivity contribution < 1.29 is 0 Å². The lowest BCUT2D eigenvalue weighted by atomic mass is 10.2. The molecule has 0 aliphatic heterocycles. The van der Waals surface area contributed by atoms with E-state index in [4.69, 9.17) is 0 Å². The van der Waals surface area contributed by atoms with Gasteiger partial charge in [-0.2, -0.15) is 0 Å². The Morgan fingerprint density at radius 3 is 2.64 bits per heavy atom. The zero-order valence-electron chi connectivity index (χ0n) is 8.97. The van der Waals surface area contributed by atoms with Gasteiger partial charge in [-0.05, 0) is 24.6 Å². The summed E-state index contributed by atoms with van der Waals surface area (Å²) < 4.78 is 1.11. The first kappa shape index (κ1) is 11.4. The third-order valence-corrected chi connectivity index (χ3v) is 2.50. The molecule has 2 nitrogen and oxygen atoms in total. The van der Waals surface area contributed by atoms with Crippen molar-refractivity contribution in [1.29, 1.82) is 0 Å². The van der Waals surface area contributed by atoms with Crippen molar-refractivity contribution in [2.45, 2.75) is 13.3 Å². The molecule has 1 aromatic carbocycles. The molecular weight excluding hydrogens is 240 g/mol. The van der Waals surface area contributed by atoms with Crippen molar-refractivity contribution in [2.24, 2.45) is 0 Å². The van der Waals surface area contributed by atoms with Gasteiger partial charge >= 0.3 is 0 Å². The molecule has 1 aromatic rings. The summed E-state index contributed by atoms with van der Waals surface area (Å²) in [6.07, 6.45) is 1.14. The molecule has 0 atom stereocenters. The summed E-state index contributed by atoms with van der Waals surface area (Å²) in [5, 5.41) is 3.41. The van der Waals surface area contributed by atoms with Crippen LogP contribution in [-0.4, -0.2) is 20.6 Å². The van der Waals surface area contributed by atoms with Gasteiger partial charge in [0.15, 0.2) is 0 Å². The van der Waals surface area contributed by atoms with Gasteiger partial charge in [0, 0.05) is 25.1 Å². The molecule has 0 heterocycles. The Morgan fingerprint density at radius 2 is 2.07 bits per heavy atom. The second kappa shape index (κ2) is 5.25. The topological polar surface area (TPSA) is 15.3 Å². The summed E-state index contributed by atoms with van der Waals surface area (Å²) >= 11 is 3.48. The van der Waals surface area contributed by atoms with Crippen LogP contribution in [-0.2, 0) is 0 Å². The molecule has 0 bridgehead atoms. The van der Waals surface area contributed by atoms with Gasteiger partial charge in [0.25, 0.3) is 0 Å². The summed E-state index contributed by atoms with van der Waals surface area (Å²) in [6.45, 7) is 3.18. The maximum absolute atomic E-state index is 3.48. The van der Waals surface area contributed by atoms with Crippen LogP contribution in [0.25, 0.3) is 0 Å². The van der Waals surface area contributed by atoms with Crippen molar-refractivity contribution >= 4 is 27.3 Å². The number of nitrogens with one attached hydrogen (secondary N) is 1. The number of anilines is 2. The first-order chi connectivity index (χ1) is 6.65. The molecule has 0 amide bonds. The van der Waals surface area contributed by atoms with E-state index in [1.807, 2.05) is 0 Å². The summed E-state index contributed by atoms with van der Waals surface area (Å²) in [5.74, 6) is 0. The summed E-state index contributed by atoms with van der Waals surface area (Å²) in [5.41, 5.74) is 2.41. The average molecular weight is 257 g/mol. The molecule has 0 fully saturated rings. The maximum atomic E-state index is 3.48. The molecular formula is C11H17BrN2. The van der Waals surface area contributed by atoms with E-state index in [9.17, 15) is 0 Å². The lowest BCUT2D eigenvalue weighted by molar-refractivity contribution is 0.976. The van der Waals surface area contributed by atoms with Crippen LogP contribution < -0.4 is 10.2 Å². The summed E-state index contributed by atoms with van der Waals surface area (Å²) in [6, 6.07) is 6.29. The van der Waals surface area contributed by atoms with Crippen LogP contribution in [0.15, 0.2) is 22.7 Å². The predicted molar refractivity (Wildman–Crippen MR) is 67.2 cm³/mol. The Bertz CT molecular complexity index is 297. The van der Waals surface area contributed by atoms with E-state index in [0.29, 0.717) is 0 Å². The SMILES string of the molecule is CCCNc1cc(Br)ccc1N(C)C. The van der Waals surface area contributed by atoms with Gasteiger partial charge < -0.3 is 10.2 Å². The fourth-order valence-corrected chi connectivity index (χ4v) is 1.66. The van der Waals surface area contributed by atoms with Crippen LogP contribution in [0.4, 0.5) is 11.4 Å². The third kappa shape index (κ3) is 2.91. The van der Waals surface area contributed by atoms with E-state index in [0.717, 1.165) is 17.4 Å². The minimum absolute atomic E-state index is 1.01. The van der Waals surface area contributed by atoms with Crippen molar-refractivity contribution in [2.75, 3.05) is 30.9 Å². The molecule has 0 aliphatic rings. The molecule has 78 valence electrons. The molecule has 1 rings (SSSR count). The van der Waals surface area contributed by atoms with Crippen molar-refractivity contribution in [3.63, 3.8) is 0 Å². The highest BCUT2D eigenvalue weighted by Crippen LogP contribution is 2.27. The molecule has 0 spiro atoms. The molecule has 1 N–H and O–H groups in total. The van der Waals surface area contributed by atoms with E-state index in [-0.39, 0.29) is 0 Å². The Morgan fingerprint density at radius 1 is 1.36 bits per heavy atom. The second-order valence-electron chi connectivity index (χ2n) is 3.48. The fourth-order valence-electron chi connectivity index (χ4n) is 1.30. The summed E-state index contributed by atoms with van der Waals surface area (Å²) in [4.78, 5) is 2.12. The Balaban J connectivity index is 2.91. The number of benzene rings is 1. The molecule has 0 unspecified atom stereocenters. The monoisotopic (exact) mass is 256 g/mol. The molecule has 0 radical (unpaired) electrons. The zero-order chi connectivity index (χ0) is 10.6. The molecule has 14 heavy (non-hydrogen) atoms. The van der Waals surface area contributed by atoms with Gasteiger partial charge in [0.2, 0.25) is 0 Å². The van der Waals surface area contributed by atoms with Gasteiger partial charge in [-0.3, -0.25) is 0 Å². The fraction of sp³-hybridized carbons (Fsp3) is 0.455. The standard InChI is InChI=1S/C11H17BrN2/c1-4-7-13-10-8-9(12)5-6-11(10)14(2)3/h5-6,8,13H,4,7H2,1-3H3. The van der Waals surface area contributed by atoms with E-state index in [1.165, 1.54) is 11.4 Å². The van der Waals surface area contributed by atoms with Crippen LogP contribution in [0, 0.1) is 0 Å². The largest absolute Gasteiger partial charge is 0.383 e. The number of nitrogens with zero attached hydrogens (tertiary/aromatic N) is 1. The van der Waals surface area contributed by atoms with Gasteiger partial charge in [-0.25, -0.2) is 0 Å². The summed E-state index contributed by atoms with van der Waals surface area (Å²) in [7, 11) is 4.11. The van der Waals surface area contributed by atoms with Crippen LogP contribution in [0.2, 0.25) is 0 Å². The first-order valence-electron chi connectivity index (χ1n) is 4.86. The van der Waals surface area contributed by atoms with E-state index < -0.39 is 0 Å². The number of hydrogen-bond donors (Lipinski definition) is 1. The quantitative estimate of drug-likeness (QED) is 0.889. The van der Waals surface area contributed by atoms with Gasteiger partial charge in [0.1, 0.15) is 0 Å². The third-order valence-electron chi connectivity index (χ3n) is 2.01. The van der Waals surface area contributed by atoms with Crippen LogP contribution >= 0.6 is 15.9 Å². The van der Waals surface area contributed by atoms with E-state index >= 15 is 0 Å². The Labute approximate surface area is 94.4 Å². The maximum Gasteiger partial charge on any atom is 0.0597 e. The normalized spacial score (nSPS) is 10.0. The van der Waals surface area contributed by atoms with Gasteiger partial charge in [-0.1, -0.05) is 22.9 Å². The highest BCUT2D eigenvalue weighted by molar-refractivity contribution is 9.10. The number of rotatable bonds is 4. The highest BCUT2D eigenvalue weighted by Gasteiger charge is 2.03. The Kier molecular flexibility index (Phi) is 4.26. The molecule has 0 saturated heterocycles. The zero-order valence-corrected chi connectivity index (χ0v) is 10.6. The van der Waals surface area contributed by atoms with Crippen molar-refractivity contribution in [1.82, 2.24) is 0 Å². The van der Waals surface area contributed by atoms with Crippen molar-refractivity contribution in [3.8, 4) is 0 Å². The minimum Gasteiger partial charge on any atom is -0.383 e.